The van der Waals surface area contributed by atoms with Crippen molar-refractivity contribution in [2.45, 2.75) is 12.1 Å². The van der Waals surface area contributed by atoms with Crippen LogP contribution in [0.5, 0.6) is 5.75 Å². The minimum atomic E-state index is -0.305. The van der Waals surface area contributed by atoms with E-state index >= 15 is 0 Å². The van der Waals surface area contributed by atoms with Crippen molar-refractivity contribution >= 4 is 45.4 Å². The SMILES string of the molecule is COc1ccc(/C=N/NC(=O)CSc2nc3sc(C)c(-c4ccccc4)c3c(=O)n2-c2ccccc2)cc1. The molecule has 5 aromatic rings. The molecule has 0 atom stereocenters. The van der Waals surface area contributed by atoms with Crippen molar-refractivity contribution in [1.82, 2.24) is 15.0 Å². The summed E-state index contributed by atoms with van der Waals surface area (Å²) in [6.07, 6.45) is 1.56. The Hall–Kier alpha value is -4.21. The Balaban J connectivity index is 1.44. The number of amides is 1. The molecule has 190 valence electrons. The van der Waals surface area contributed by atoms with Gasteiger partial charge in [0.25, 0.3) is 11.5 Å². The highest BCUT2D eigenvalue weighted by Gasteiger charge is 2.21. The summed E-state index contributed by atoms with van der Waals surface area (Å²) in [5.74, 6) is 0.482. The maximum Gasteiger partial charge on any atom is 0.268 e. The van der Waals surface area contributed by atoms with Crippen molar-refractivity contribution in [3.8, 4) is 22.6 Å². The number of aromatic nitrogens is 2. The number of fused-ring (bicyclic) bond motifs is 1. The Morgan fingerprint density at radius 1 is 1.05 bits per heavy atom. The summed E-state index contributed by atoms with van der Waals surface area (Å²) in [6, 6.07) is 26.6. The zero-order chi connectivity index (χ0) is 26.5. The molecule has 0 aliphatic heterocycles. The molecule has 5 rings (SSSR count). The summed E-state index contributed by atoms with van der Waals surface area (Å²) in [4.78, 5) is 33.0. The van der Waals surface area contributed by atoms with Gasteiger partial charge in [0.1, 0.15) is 10.6 Å². The second kappa shape index (κ2) is 11.5. The molecule has 0 spiro atoms. The number of methoxy groups -OCH3 is 1. The molecular formula is C29H24N4O3S2. The summed E-state index contributed by atoms with van der Waals surface area (Å²) in [6.45, 7) is 2.00. The summed E-state index contributed by atoms with van der Waals surface area (Å²) in [7, 11) is 1.60. The summed E-state index contributed by atoms with van der Waals surface area (Å²) in [5, 5.41) is 5.07. The van der Waals surface area contributed by atoms with Crippen molar-refractivity contribution in [2.24, 2.45) is 5.10 Å². The van der Waals surface area contributed by atoms with E-state index in [0.717, 1.165) is 27.3 Å². The lowest BCUT2D eigenvalue weighted by Crippen LogP contribution is -2.24. The van der Waals surface area contributed by atoms with Crippen LogP contribution in [0.2, 0.25) is 0 Å². The molecule has 0 aliphatic carbocycles. The van der Waals surface area contributed by atoms with Crippen molar-refractivity contribution in [1.29, 1.82) is 0 Å². The van der Waals surface area contributed by atoms with Gasteiger partial charge in [0, 0.05) is 10.4 Å². The van der Waals surface area contributed by atoms with Crippen molar-refractivity contribution < 1.29 is 9.53 Å². The second-order valence-electron chi connectivity index (χ2n) is 8.30. The van der Waals surface area contributed by atoms with E-state index in [1.54, 1.807) is 17.9 Å². The van der Waals surface area contributed by atoms with Gasteiger partial charge in [-0.2, -0.15) is 5.10 Å². The predicted molar refractivity (Wildman–Crippen MR) is 155 cm³/mol. The lowest BCUT2D eigenvalue weighted by atomic mass is 10.0. The van der Waals surface area contributed by atoms with E-state index in [0.29, 0.717) is 21.1 Å². The number of thioether (sulfide) groups is 1. The Labute approximate surface area is 227 Å². The first-order chi connectivity index (χ1) is 18.5. The Morgan fingerprint density at radius 3 is 2.42 bits per heavy atom. The number of hydrazone groups is 1. The molecular weight excluding hydrogens is 516 g/mol. The third-order valence-electron chi connectivity index (χ3n) is 5.80. The van der Waals surface area contributed by atoms with Crippen LogP contribution in [0.4, 0.5) is 0 Å². The van der Waals surface area contributed by atoms with E-state index in [1.807, 2.05) is 91.9 Å². The molecule has 2 aromatic heterocycles. The van der Waals surface area contributed by atoms with Crippen LogP contribution >= 0.6 is 23.1 Å². The Kier molecular flexibility index (Phi) is 7.67. The average Bonchev–Trinajstić information content (AvgIpc) is 3.29. The van der Waals surface area contributed by atoms with Gasteiger partial charge in [0.05, 0.1) is 30.2 Å². The molecule has 9 heteroatoms. The van der Waals surface area contributed by atoms with Gasteiger partial charge in [0.15, 0.2) is 5.16 Å². The fourth-order valence-electron chi connectivity index (χ4n) is 4.03. The lowest BCUT2D eigenvalue weighted by molar-refractivity contribution is -0.118. The van der Waals surface area contributed by atoms with Gasteiger partial charge >= 0.3 is 0 Å². The van der Waals surface area contributed by atoms with E-state index in [-0.39, 0.29) is 17.2 Å². The number of nitrogens with one attached hydrogen (secondary N) is 1. The highest BCUT2D eigenvalue weighted by Crippen LogP contribution is 2.36. The summed E-state index contributed by atoms with van der Waals surface area (Å²) < 4.78 is 6.73. The number of hydrogen-bond acceptors (Lipinski definition) is 7. The average molecular weight is 541 g/mol. The topological polar surface area (TPSA) is 85.6 Å². The number of aryl methyl sites for hydroxylation is 1. The van der Waals surface area contributed by atoms with Gasteiger partial charge in [-0.1, -0.05) is 60.3 Å². The maximum absolute atomic E-state index is 14.0. The van der Waals surface area contributed by atoms with Crippen LogP contribution in [0, 0.1) is 6.92 Å². The molecule has 0 unspecified atom stereocenters. The van der Waals surface area contributed by atoms with Gasteiger partial charge in [-0.25, -0.2) is 10.4 Å². The first kappa shape index (κ1) is 25.4. The van der Waals surface area contributed by atoms with E-state index in [2.05, 4.69) is 10.5 Å². The van der Waals surface area contributed by atoms with Crippen LogP contribution in [-0.2, 0) is 4.79 Å². The van der Waals surface area contributed by atoms with Crippen LogP contribution in [0.15, 0.2) is 100.0 Å². The van der Waals surface area contributed by atoms with E-state index in [1.165, 1.54) is 23.1 Å². The normalized spacial score (nSPS) is 11.2. The van der Waals surface area contributed by atoms with Crippen LogP contribution in [0.1, 0.15) is 10.4 Å². The fraction of sp³-hybridized carbons (Fsp3) is 0.103. The van der Waals surface area contributed by atoms with Gasteiger partial charge < -0.3 is 4.74 Å². The van der Waals surface area contributed by atoms with E-state index < -0.39 is 0 Å². The molecule has 0 radical (unpaired) electrons. The molecule has 0 saturated heterocycles. The van der Waals surface area contributed by atoms with Crippen LogP contribution in [0.3, 0.4) is 0 Å². The monoisotopic (exact) mass is 540 g/mol. The minimum Gasteiger partial charge on any atom is -0.497 e. The number of hydrogen-bond donors (Lipinski definition) is 1. The summed E-state index contributed by atoms with van der Waals surface area (Å²) >= 11 is 2.68. The molecule has 0 bridgehead atoms. The van der Waals surface area contributed by atoms with Crippen LogP contribution < -0.4 is 15.7 Å². The van der Waals surface area contributed by atoms with Crippen molar-refractivity contribution in [3.05, 3.63) is 106 Å². The van der Waals surface area contributed by atoms with Crippen LogP contribution in [0.25, 0.3) is 27.0 Å². The van der Waals surface area contributed by atoms with Crippen molar-refractivity contribution in [3.63, 3.8) is 0 Å². The number of benzene rings is 3. The largest absolute Gasteiger partial charge is 0.497 e. The number of carbonyl (C=O) groups excluding carboxylic acids is 1. The van der Waals surface area contributed by atoms with Gasteiger partial charge in [-0.05, 0) is 54.4 Å². The van der Waals surface area contributed by atoms with Gasteiger partial charge in [-0.3, -0.25) is 14.2 Å². The zero-order valence-corrected chi connectivity index (χ0v) is 22.4. The molecule has 3 aromatic carbocycles. The number of rotatable bonds is 8. The smallest absolute Gasteiger partial charge is 0.268 e. The summed E-state index contributed by atoms with van der Waals surface area (Å²) in [5.41, 5.74) is 5.77. The molecule has 0 aliphatic rings. The third kappa shape index (κ3) is 5.39. The van der Waals surface area contributed by atoms with Gasteiger partial charge in [0.2, 0.25) is 0 Å². The standard InChI is InChI=1S/C29H24N4O3S2/c1-19-25(21-9-5-3-6-10-21)26-27(38-19)31-29(33(28(26)35)22-11-7-4-8-12-22)37-18-24(34)32-30-17-20-13-15-23(36-2)16-14-20/h3-17H,18H2,1-2H3,(H,32,34)/b30-17+. The van der Waals surface area contributed by atoms with E-state index in [9.17, 15) is 9.59 Å². The molecule has 0 fully saturated rings. The highest BCUT2D eigenvalue weighted by atomic mass is 32.2. The second-order valence-corrected chi connectivity index (χ2v) is 10.5. The Bertz CT molecular complexity index is 1660. The third-order valence-corrected chi connectivity index (χ3v) is 7.74. The maximum atomic E-state index is 14.0. The number of carbonyl (C=O) groups is 1. The van der Waals surface area contributed by atoms with Crippen molar-refractivity contribution in [2.75, 3.05) is 12.9 Å². The minimum absolute atomic E-state index is 0.0423. The number of thiophene rings is 1. The van der Waals surface area contributed by atoms with Crippen LogP contribution in [-0.4, -0.2) is 34.5 Å². The first-order valence-electron chi connectivity index (χ1n) is 11.8. The molecule has 1 amide bonds. The molecule has 1 N–H and O–H groups in total. The number of ether oxygens (including phenoxy) is 1. The number of nitrogens with zero attached hydrogens (tertiary/aromatic N) is 3. The predicted octanol–water partition coefficient (Wildman–Crippen LogP) is 5.67. The Morgan fingerprint density at radius 2 is 1.74 bits per heavy atom. The fourth-order valence-corrected chi connectivity index (χ4v) is 5.92. The highest BCUT2D eigenvalue weighted by molar-refractivity contribution is 7.99. The first-order valence-corrected chi connectivity index (χ1v) is 13.6. The molecule has 38 heavy (non-hydrogen) atoms. The number of para-hydroxylation sites is 1. The van der Waals surface area contributed by atoms with E-state index in [4.69, 9.17) is 9.72 Å². The molecule has 0 saturated carbocycles. The molecule has 7 nitrogen and oxygen atoms in total. The molecule has 2 heterocycles. The lowest BCUT2D eigenvalue weighted by Gasteiger charge is -2.12. The zero-order valence-electron chi connectivity index (χ0n) is 20.8. The van der Waals surface area contributed by atoms with Gasteiger partial charge in [-0.15, -0.1) is 11.3 Å². The quantitative estimate of drug-likeness (QED) is 0.119.